The molecular weight excluding hydrogens is 294 g/mol. The van der Waals surface area contributed by atoms with Crippen molar-refractivity contribution < 1.29 is 18.0 Å². The van der Waals surface area contributed by atoms with Crippen LogP contribution in [0, 0.1) is 0 Å². The van der Waals surface area contributed by atoms with Crippen molar-refractivity contribution in [2.45, 2.75) is 17.7 Å². The minimum atomic E-state index is -3.77. The summed E-state index contributed by atoms with van der Waals surface area (Å²) in [5, 5.41) is 5.06. The summed E-state index contributed by atoms with van der Waals surface area (Å²) in [6.45, 7) is 1.45. The van der Waals surface area contributed by atoms with Gasteiger partial charge in [0.2, 0.25) is 21.8 Å². The second-order valence-electron chi connectivity index (χ2n) is 4.89. The van der Waals surface area contributed by atoms with E-state index in [-0.39, 0.29) is 23.3 Å². The molecule has 0 bridgehead atoms. The highest BCUT2D eigenvalue weighted by Crippen LogP contribution is 2.34. The standard InChI is InChI=1S/C13H17N3O4S/c1-8-10-6-9(4-5-11(10)15-13(8)18)21(19,20)16(3)7-12(17)14-2/h4-6,8H,7H2,1-3H3,(H,14,17)(H,15,18)/t8-/m0/s1. The number of hydrogen-bond donors (Lipinski definition) is 2. The molecule has 0 saturated heterocycles. The van der Waals surface area contributed by atoms with Crippen LogP contribution >= 0.6 is 0 Å². The van der Waals surface area contributed by atoms with Crippen LogP contribution in [0.3, 0.4) is 0 Å². The van der Waals surface area contributed by atoms with E-state index in [0.717, 1.165) is 4.31 Å². The molecule has 0 radical (unpaired) electrons. The summed E-state index contributed by atoms with van der Waals surface area (Å²) in [5.74, 6) is -0.940. The number of carbonyl (C=O) groups excluding carboxylic acids is 2. The number of fused-ring (bicyclic) bond motifs is 1. The summed E-state index contributed by atoms with van der Waals surface area (Å²) in [6, 6.07) is 4.47. The number of nitrogens with one attached hydrogen (secondary N) is 2. The van der Waals surface area contributed by atoms with Crippen LogP contribution < -0.4 is 10.6 Å². The molecule has 114 valence electrons. The Morgan fingerprint density at radius 2 is 2.10 bits per heavy atom. The van der Waals surface area contributed by atoms with E-state index in [1.54, 1.807) is 13.0 Å². The first-order valence-corrected chi connectivity index (χ1v) is 7.83. The lowest BCUT2D eigenvalue weighted by molar-refractivity contribution is -0.120. The fourth-order valence-corrected chi connectivity index (χ4v) is 3.26. The van der Waals surface area contributed by atoms with Gasteiger partial charge in [0.25, 0.3) is 0 Å². The third-order valence-electron chi connectivity index (χ3n) is 3.49. The van der Waals surface area contributed by atoms with E-state index in [9.17, 15) is 18.0 Å². The van der Waals surface area contributed by atoms with Gasteiger partial charge in [-0.3, -0.25) is 9.59 Å². The Bertz CT molecular complexity index is 699. The van der Waals surface area contributed by atoms with E-state index in [2.05, 4.69) is 10.6 Å². The predicted octanol–water partition coefficient (Wildman–Crippen LogP) is 0.109. The van der Waals surface area contributed by atoms with Gasteiger partial charge in [-0.2, -0.15) is 4.31 Å². The molecule has 0 saturated carbocycles. The number of hydrogen-bond acceptors (Lipinski definition) is 4. The first-order chi connectivity index (χ1) is 9.77. The maximum atomic E-state index is 12.4. The number of rotatable bonds is 4. The number of sulfonamides is 1. The first kappa shape index (κ1) is 15.5. The van der Waals surface area contributed by atoms with Gasteiger partial charge >= 0.3 is 0 Å². The van der Waals surface area contributed by atoms with Gasteiger partial charge in [0.1, 0.15) is 0 Å². The molecule has 0 aliphatic carbocycles. The minimum Gasteiger partial charge on any atom is -0.358 e. The van der Waals surface area contributed by atoms with Crippen LogP contribution in [0.4, 0.5) is 5.69 Å². The van der Waals surface area contributed by atoms with E-state index in [0.29, 0.717) is 11.3 Å². The van der Waals surface area contributed by atoms with Gasteiger partial charge in [-0.05, 0) is 30.7 Å². The zero-order valence-corrected chi connectivity index (χ0v) is 12.8. The molecule has 1 aromatic carbocycles. The average Bonchev–Trinajstić information content (AvgIpc) is 2.73. The largest absolute Gasteiger partial charge is 0.358 e. The van der Waals surface area contributed by atoms with E-state index in [1.165, 1.54) is 26.2 Å². The second kappa shape index (κ2) is 5.45. The van der Waals surface area contributed by atoms with Crippen molar-refractivity contribution in [1.82, 2.24) is 9.62 Å². The Balaban J connectivity index is 2.34. The lowest BCUT2D eigenvalue weighted by atomic mass is 10.0. The molecule has 8 heteroatoms. The van der Waals surface area contributed by atoms with Crippen LogP contribution in [-0.2, 0) is 19.6 Å². The highest BCUT2D eigenvalue weighted by Gasteiger charge is 2.30. The van der Waals surface area contributed by atoms with E-state index < -0.39 is 15.9 Å². The SMILES string of the molecule is CNC(=O)CN(C)S(=O)(=O)c1ccc2c(c1)[C@H](C)C(=O)N2. The highest BCUT2D eigenvalue weighted by molar-refractivity contribution is 7.89. The summed E-state index contributed by atoms with van der Waals surface area (Å²) >= 11 is 0. The topological polar surface area (TPSA) is 95.6 Å². The quantitative estimate of drug-likeness (QED) is 0.825. The average molecular weight is 311 g/mol. The molecular formula is C13H17N3O4S. The van der Waals surface area contributed by atoms with Crippen molar-refractivity contribution in [2.75, 3.05) is 26.0 Å². The third kappa shape index (κ3) is 2.77. The Labute approximate surface area is 123 Å². The molecule has 1 heterocycles. The van der Waals surface area contributed by atoms with Crippen molar-refractivity contribution in [3.63, 3.8) is 0 Å². The maximum absolute atomic E-state index is 12.4. The fraction of sp³-hybridized carbons (Fsp3) is 0.385. The van der Waals surface area contributed by atoms with Crippen LogP contribution in [-0.4, -0.2) is 45.2 Å². The molecule has 2 N–H and O–H groups in total. The number of amides is 2. The van der Waals surface area contributed by atoms with Crippen molar-refractivity contribution in [1.29, 1.82) is 0 Å². The van der Waals surface area contributed by atoms with E-state index in [4.69, 9.17) is 0 Å². The Hall–Kier alpha value is -1.93. The molecule has 1 aliphatic rings. The zero-order valence-electron chi connectivity index (χ0n) is 12.0. The summed E-state index contributed by atoms with van der Waals surface area (Å²) in [6.07, 6.45) is 0. The highest BCUT2D eigenvalue weighted by atomic mass is 32.2. The summed E-state index contributed by atoms with van der Waals surface area (Å²) in [4.78, 5) is 23.0. The zero-order chi connectivity index (χ0) is 15.8. The molecule has 1 atom stereocenters. The predicted molar refractivity (Wildman–Crippen MR) is 77.4 cm³/mol. The van der Waals surface area contributed by atoms with Crippen LogP contribution in [0.2, 0.25) is 0 Å². The maximum Gasteiger partial charge on any atom is 0.243 e. The Kier molecular flexibility index (Phi) is 4.02. The van der Waals surface area contributed by atoms with Gasteiger partial charge < -0.3 is 10.6 Å². The number of likely N-dealkylation sites (N-methyl/N-ethyl adjacent to an activating group) is 2. The monoisotopic (exact) mass is 311 g/mol. The van der Waals surface area contributed by atoms with Crippen LogP contribution in [0.25, 0.3) is 0 Å². The molecule has 1 aromatic rings. The molecule has 1 aliphatic heterocycles. The number of benzene rings is 1. The Morgan fingerprint density at radius 1 is 1.43 bits per heavy atom. The van der Waals surface area contributed by atoms with Crippen LogP contribution in [0.5, 0.6) is 0 Å². The van der Waals surface area contributed by atoms with Crippen molar-refractivity contribution in [3.8, 4) is 0 Å². The molecule has 0 aromatic heterocycles. The van der Waals surface area contributed by atoms with E-state index >= 15 is 0 Å². The molecule has 7 nitrogen and oxygen atoms in total. The van der Waals surface area contributed by atoms with Gasteiger partial charge in [0.05, 0.1) is 17.4 Å². The van der Waals surface area contributed by atoms with Crippen LogP contribution in [0.1, 0.15) is 18.4 Å². The summed E-state index contributed by atoms with van der Waals surface area (Å²) in [5.41, 5.74) is 1.27. The number of anilines is 1. The Morgan fingerprint density at radius 3 is 2.71 bits per heavy atom. The van der Waals surface area contributed by atoms with Crippen molar-refractivity contribution in [3.05, 3.63) is 23.8 Å². The molecule has 21 heavy (non-hydrogen) atoms. The van der Waals surface area contributed by atoms with Gasteiger partial charge in [-0.15, -0.1) is 0 Å². The van der Waals surface area contributed by atoms with Crippen molar-refractivity contribution >= 4 is 27.5 Å². The minimum absolute atomic E-state index is 0.0657. The smallest absolute Gasteiger partial charge is 0.243 e. The number of carbonyl (C=O) groups is 2. The molecule has 0 spiro atoms. The second-order valence-corrected chi connectivity index (χ2v) is 6.94. The van der Waals surface area contributed by atoms with Crippen LogP contribution in [0.15, 0.2) is 23.1 Å². The molecule has 2 rings (SSSR count). The van der Waals surface area contributed by atoms with Gasteiger partial charge in [0.15, 0.2) is 0 Å². The summed E-state index contributed by atoms with van der Waals surface area (Å²) < 4.78 is 25.8. The first-order valence-electron chi connectivity index (χ1n) is 6.39. The third-order valence-corrected chi connectivity index (χ3v) is 5.29. The lowest BCUT2D eigenvalue weighted by Crippen LogP contribution is -2.36. The van der Waals surface area contributed by atoms with Gasteiger partial charge in [-0.1, -0.05) is 0 Å². The molecule has 2 amide bonds. The van der Waals surface area contributed by atoms with Gasteiger partial charge in [-0.25, -0.2) is 8.42 Å². The van der Waals surface area contributed by atoms with E-state index in [1.807, 2.05) is 0 Å². The summed E-state index contributed by atoms with van der Waals surface area (Å²) in [7, 11) is -0.994. The van der Waals surface area contributed by atoms with Gasteiger partial charge in [0, 0.05) is 19.8 Å². The molecule has 0 unspecified atom stereocenters. The fourth-order valence-electron chi connectivity index (χ4n) is 2.10. The lowest BCUT2D eigenvalue weighted by Gasteiger charge is -2.17. The van der Waals surface area contributed by atoms with Crippen molar-refractivity contribution in [2.24, 2.45) is 0 Å². The number of nitrogens with zero attached hydrogens (tertiary/aromatic N) is 1. The normalized spacial score (nSPS) is 17.5. The molecule has 0 fully saturated rings.